The van der Waals surface area contributed by atoms with Gasteiger partial charge in [0, 0.05) is 43.0 Å². The van der Waals surface area contributed by atoms with E-state index in [0.29, 0.717) is 25.8 Å². The molecule has 1 aliphatic heterocycles. The van der Waals surface area contributed by atoms with Crippen LogP contribution in [0.2, 0.25) is 0 Å². The predicted octanol–water partition coefficient (Wildman–Crippen LogP) is 3.08. The summed E-state index contributed by atoms with van der Waals surface area (Å²) in [7, 11) is 0. The summed E-state index contributed by atoms with van der Waals surface area (Å²) in [6, 6.07) is 10.6. The zero-order chi connectivity index (χ0) is 25.0. The molecule has 0 aliphatic carbocycles. The number of aryl methyl sites for hydroxylation is 3. The normalized spacial score (nSPS) is 17.4. The number of benzene rings is 1. The van der Waals surface area contributed by atoms with Gasteiger partial charge in [-0.25, -0.2) is 9.50 Å². The standard InChI is InChI=1S/C28H38N4O3/c1-4-26-25(27-29-20(2)16-21(3)32(27)30-26)17-23-9-7-22(8-10-23)6-5-11-28(35)12-14-31(15-13-28)18-24(34)19-33/h5-10,16,24,33-35H,4,11-15,17-19H2,1-3H3/t24-/m1/s1. The van der Waals surface area contributed by atoms with Crippen LogP contribution >= 0.6 is 0 Å². The van der Waals surface area contributed by atoms with E-state index in [1.54, 1.807) is 0 Å². The van der Waals surface area contributed by atoms with Crippen molar-refractivity contribution in [3.63, 3.8) is 0 Å². The van der Waals surface area contributed by atoms with Gasteiger partial charge in [-0.2, -0.15) is 5.10 Å². The minimum absolute atomic E-state index is 0.225. The molecule has 7 nitrogen and oxygen atoms in total. The topological polar surface area (TPSA) is 94.1 Å². The Hall–Kier alpha value is -2.58. The molecule has 2 aromatic heterocycles. The average Bonchev–Trinajstić information content (AvgIpc) is 3.19. The van der Waals surface area contributed by atoms with Crippen molar-refractivity contribution in [3.8, 4) is 0 Å². The van der Waals surface area contributed by atoms with Gasteiger partial charge in [-0.3, -0.25) is 0 Å². The van der Waals surface area contributed by atoms with Crippen LogP contribution in [0.5, 0.6) is 0 Å². The van der Waals surface area contributed by atoms with Gasteiger partial charge in [-0.1, -0.05) is 43.3 Å². The molecule has 3 N–H and O–H groups in total. The maximum atomic E-state index is 10.9. The number of aliphatic hydroxyl groups is 3. The van der Waals surface area contributed by atoms with Crippen LogP contribution in [-0.2, 0) is 12.8 Å². The largest absolute Gasteiger partial charge is 0.394 e. The fraction of sp³-hybridized carbons (Fsp3) is 0.500. The molecule has 0 spiro atoms. The van der Waals surface area contributed by atoms with Crippen molar-refractivity contribution in [1.29, 1.82) is 0 Å². The SMILES string of the molecule is CCc1nn2c(C)cc(C)nc2c1Cc1ccc(C=CCC2(O)CCN(C[C@@H](O)CO)CC2)cc1. The zero-order valence-electron chi connectivity index (χ0n) is 21.1. The number of aliphatic hydroxyl groups excluding tert-OH is 2. The van der Waals surface area contributed by atoms with Gasteiger partial charge in [0.15, 0.2) is 5.65 Å². The highest BCUT2D eigenvalue weighted by Gasteiger charge is 2.31. The van der Waals surface area contributed by atoms with E-state index in [1.807, 2.05) is 11.4 Å². The molecule has 35 heavy (non-hydrogen) atoms. The Morgan fingerprint density at radius 1 is 1.14 bits per heavy atom. The minimum atomic E-state index is -0.713. The lowest BCUT2D eigenvalue weighted by Crippen LogP contribution is -2.46. The molecule has 1 saturated heterocycles. The summed E-state index contributed by atoms with van der Waals surface area (Å²) in [6.45, 7) is 7.92. The van der Waals surface area contributed by atoms with Gasteiger partial charge < -0.3 is 20.2 Å². The number of nitrogens with zero attached hydrogens (tertiary/aromatic N) is 4. The van der Waals surface area contributed by atoms with E-state index in [2.05, 4.69) is 61.2 Å². The molecule has 3 heterocycles. The first-order valence-electron chi connectivity index (χ1n) is 12.6. The van der Waals surface area contributed by atoms with Crippen molar-refractivity contribution in [1.82, 2.24) is 19.5 Å². The van der Waals surface area contributed by atoms with E-state index < -0.39 is 11.7 Å². The monoisotopic (exact) mass is 478 g/mol. The first-order chi connectivity index (χ1) is 16.8. The third-order valence-electron chi connectivity index (χ3n) is 7.04. The minimum Gasteiger partial charge on any atom is -0.394 e. The van der Waals surface area contributed by atoms with Gasteiger partial charge in [-0.15, -0.1) is 0 Å². The predicted molar refractivity (Wildman–Crippen MR) is 138 cm³/mol. The molecule has 0 bridgehead atoms. The van der Waals surface area contributed by atoms with Crippen molar-refractivity contribution in [2.45, 2.75) is 64.6 Å². The average molecular weight is 479 g/mol. The molecule has 0 unspecified atom stereocenters. The summed E-state index contributed by atoms with van der Waals surface area (Å²) >= 11 is 0. The van der Waals surface area contributed by atoms with Crippen LogP contribution in [0.1, 0.15) is 60.0 Å². The first kappa shape index (κ1) is 25.5. The van der Waals surface area contributed by atoms with Crippen LogP contribution in [0.25, 0.3) is 11.7 Å². The number of β-amino-alcohol motifs (C(OH)–C–C–N with tert-alkyl or cyclic N) is 1. The number of hydrogen-bond acceptors (Lipinski definition) is 6. The summed E-state index contributed by atoms with van der Waals surface area (Å²) in [5, 5.41) is 34.3. The summed E-state index contributed by atoms with van der Waals surface area (Å²) in [5.74, 6) is 0. The van der Waals surface area contributed by atoms with Gasteiger partial charge in [0.05, 0.1) is 24.0 Å². The highest BCUT2D eigenvalue weighted by molar-refractivity contribution is 5.55. The zero-order valence-corrected chi connectivity index (χ0v) is 21.1. The smallest absolute Gasteiger partial charge is 0.159 e. The second-order valence-electron chi connectivity index (χ2n) is 9.94. The van der Waals surface area contributed by atoms with Gasteiger partial charge in [0.25, 0.3) is 0 Å². The molecule has 0 radical (unpaired) electrons. The Balaban J connectivity index is 1.37. The van der Waals surface area contributed by atoms with Crippen LogP contribution in [0.4, 0.5) is 0 Å². The van der Waals surface area contributed by atoms with E-state index in [4.69, 9.17) is 15.2 Å². The number of likely N-dealkylation sites (tertiary alicyclic amines) is 1. The summed E-state index contributed by atoms with van der Waals surface area (Å²) in [4.78, 5) is 6.87. The van der Waals surface area contributed by atoms with Crippen LogP contribution in [0.15, 0.2) is 36.4 Å². The van der Waals surface area contributed by atoms with E-state index in [9.17, 15) is 10.2 Å². The van der Waals surface area contributed by atoms with Crippen LogP contribution in [0.3, 0.4) is 0 Å². The number of rotatable bonds is 9. The highest BCUT2D eigenvalue weighted by Crippen LogP contribution is 2.27. The third-order valence-corrected chi connectivity index (χ3v) is 7.04. The first-order valence-corrected chi connectivity index (χ1v) is 12.6. The lowest BCUT2D eigenvalue weighted by atomic mass is 9.88. The van der Waals surface area contributed by atoms with Gasteiger partial charge in [0.1, 0.15) is 0 Å². The van der Waals surface area contributed by atoms with Crippen LogP contribution in [-0.4, -0.2) is 72.8 Å². The molecule has 1 aliphatic rings. The molecule has 1 fully saturated rings. The second kappa shape index (κ2) is 11.0. The van der Waals surface area contributed by atoms with Gasteiger partial charge in [0.2, 0.25) is 0 Å². The van der Waals surface area contributed by atoms with Crippen LogP contribution in [0, 0.1) is 13.8 Å². The summed E-state index contributed by atoms with van der Waals surface area (Å²) in [6.07, 6.45) is 7.04. The van der Waals surface area contributed by atoms with Crippen LogP contribution < -0.4 is 0 Å². The summed E-state index contributed by atoms with van der Waals surface area (Å²) in [5.41, 5.74) is 6.99. The van der Waals surface area contributed by atoms with Crippen molar-refractivity contribution >= 4 is 11.7 Å². The van der Waals surface area contributed by atoms with E-state index in [-0.39, 0.29) is 6.61 Å². The van der Waals surface area contributed by atoms with E-state index in [0.717, 1.165) is 54.2 Å². The highest BCUT2D eigenvalue weighted by atomic mass is 16.3. The van der Waals surface area contributed by atoms with Gasteiger partial charge in [-0.05, 0) is 56.7 Å². The Morgan fingerprint density at radius 3 is 2.51 bits per heavy atom. The molecule has 0 saturated carbocycles. The lowest BCUT2D eigenvalue weighted by molar-refractivity contribution is -0.0317. The van der Waals surface area contributed by atoms with Crippen molar-refractivity contribution in [2.75, 3.05) is 26.2 Å². The Bertz CT molecular complexity index is 1160. The number of aromatic nitrogens is 3. The molecule has 4 rings (SSSR count). The fourth-order valence-electron chi connectivity index (χ4n) is 4.95. The second-order valence-corrected chi connectivity index (χ2v) is 9.94. The third kappa shape index (κ3) is 6.16. The summed E-state index contributed by atoms with van der Waals surface area (Å²) < 4.78 is 1.96. The maximum absolute atomic E-state index is 10.9. The van der Waals surface area contributed by atoms with Crippen molar-refractivity contribution in [2.24, 2.45) is 0 Å². The molecule has 1 aromatic carbocycles. The molecule has 7 heteroatoms. The number of hydrogen-bond donors (Lipinski definition) is 3. The molecule has 3 aromatic rings. The quantitative estimate of drug-likeness (QED) is 0.438. The Labute approximate surface area is 207 Å². The van der Waals surface area contributed by atoms with Gasteiger partial charge >= 0.3 is 0 Å². The lowest BCUT2D eigenvalue weighted by Gasteiger charge is -2.38. The molecular formula is C28H38N4O3. The van der Waals surface area contributed by atoms with Crippen molar-refractivity contribution < 1.29 is 15.3 Å². The number of fused-ring (bicyclic) bond motifs is 1. The maximum Gasteiger partial charge on any atom is 0.159 e. The Kier molecular flexibility index (Phi) is 8.02. The van der Waals surface area contributed by atoms with Crippen molar-refractivity contribution in [3.05, 3.63) is 70.2 Å². The van der Waals surface area contributed by atoms with E-state index in [1.165, 1.54) is 11.1 Å². The molecule has 0 amide bonds. The molecule has 1 atom stereocenters. The number of piperidine rings is 1. The Morgan fingerprint density at radius 2 is 1.86 bits per heavy atom. The van der Waals surface area contributed by atoms with E-state index >= 15 is 0 Å². The molecular weight excluding hydrogens is 440 g/mol. The molecule has 188 valence electrons. The fourth-order valence-corrected chi connectivity index (χ4v) is 4.95.